The minimum atomic E-state index is -3.90. The molecular weight excluding hydrogens is 412 g/mol. The van der Waals surface area contributed by atoms with E-state index in [2.05, 4.69) is 10.0 Å². The molecule has 0 aliphatic rings. The second-order valence-electron chi connectivity index (χ2n) is 7.38. The fourth-order valence-electron chi connectivity index (χ4n) is 3.18. The van der Waals surface area contributed by atoms with Gasteiger partial charge in [-0.05, 0) is 47.4 Å². The summed E-state index contributed by atoms with van der Waals surface area (Å²) >= 11 is 0. The fraction of sp³-hybridized carbons (Fsp3) is 0.208. The van der Waals surface area contributed by atoms with Gasteiger partial charge in [0.25, 0.3) is 15.9 Å². The molecule has 2 N–H and O–H groups in total. The van der Waals surface area contributed by atoms with Crippen LogP contribution in [0.4, 0.5) is 5.69 Å². The van der Waals surface area contributed by atoms with Crippen LogP contribution in [-0.4, -0.2) is 21.4 Å². The standard InChI is InChI=1S/C24H26N2O4S/c1-17(2)21-15-19(13-14-23(21)30-3)31(28,29)26-22-12-8-7-11-20(22)24(27)25-16-18-9-5-4-6-10-18/h4-15,17,26H,16H2,1-3H3,(H,25,27). The highest BCUT2D eigenvalue weighted by Gasteiger charge is 2.21. The van der Waals surface area contributed by atoms with Crippen LogP contribution < -0.4 is 14.8 Å². The first-order valence-corrected chi connectivity index (χ1v) is 11.4. The molecule has 0 aliphatic heterocycles. The van der Waals surface area contributed by atoms with E-state index in [-0.39, 0.29) is 28.0 Å². The normalized spacial score (nSPS) is 11.2. The second kappa shape index (κ2) is 9.66. The van der Waals surface area contributed by atoms with Gasteiger partial charge in [-0.25, -0.2) is 8.42 Å². The molecule has 3 aromatic carbocycles. The number of carbonyl (C=O) groups is 1. The van der Waals surface area contributed by atoms with Gasteiger partial charge in [-0.1, -0.05) is 56.3 Å². The SMILES string of the molecule is COc1ccc(S(=O)(=O)Nc2ccccc2C(=O)NCc2ccccc2)cc1C(C)C. The van der Waals surface area contributed by atoms with E-state index in [1.54, 1.807) is 43.5 Å². The zero-order valence-electron chi connectivity index (χ0n) is 17.8. The molecule has 6 nitrogen and oxygen atoms in total. The van der Waals surface area contributed by atoms with E-state index in [0.29, 0.717) is 12.3 Å². The zero-order chi connectivity index (χ0) is 22.4. The van der Waals surface area contributed by atoms with Gasteiger partial charge in [-0.3, -0.25) is 9.52 Å². The molecule has 7 heteroatoms. The minimum Gasteiger partial charge on any atom is -0.496 e. The molecule has 1 amide bonds. The molecule has 0 aliphatic carbocycles. The molecule has 3 rings (SSSR count). The van der Waals surface area contributed by atoms with Gasteiger partial charge >= 0.3 is 0 Å². The molecule has 0 heterocycles. The first-order chi connectivity index (χ1) is 14.8. The Morgan fingerprint density at radius 3 is 2.32 bits per heavy atom. The van der Waals surface area contributed by atoms with Crippen LogP contribution in [0.1, 0.15) is 41.3 Å². The average molecular weight is 439 g/mol. The molecule has 31 heavy (non-hydrogen) atoms. The Kier molecular flexibility index (Phi) is 6.97. The zero-order valence-corrected chi connectivity index (χ0v) is 18.6. The first kappa shape index (κ1) is 22.4. The molecule has 0 unspecified atom stereocenters. The quantitative estimate of drug-likeness (QED) is 0.540. The van der Waals surface area contributed by atoms with Crippen molar-refractivity contribution in [1.82, 2.24) is 5.32 Å². The summed E-state index contributed by atoms with van der Waals surface area (Å²) in [5.74, 6) is 0.357. The van der Waals surface area contributed by atoms with E-state index in [1.807, 2.05) is 44.2 Å². The Morgan fingerprint density at radius 1 is 0.968 bits per heavy atom. The summed E-state index contributed by atoms with van der Waals surface area (Å²) in [6.07, 6.45) is 0. The Bertz CT molecular complexity index is 1160. The predicted molar refractivity (Wildman–Crippen MR) is 122 cm³/mol. The lowest BCUT2D eigenvalue weighted by Crippen LogP contribution is -2.25. The van der Waals surface area contributed by atoms with Crippen LogP contribution in [0.5, 0.6) is 5.75 Å². The molecule has 0 saturated heterocycles. The second-order valence-corrected chi connectivity index (χ2v) is 9.06. The molecule has 0 spiro atoms. The number of nitrogens with one attached hydrogen (secondary N) is 2. The van der Waals surface area contributed by atoms with Crippen molar-refractivity contribution >= 4 is 21.6 Å². The molecule has 0 fully saturated rings. The molecule has 0 bridgehead atoms. The van der Waals surface area contributed by atoms with Crippen molar-refractivity contribution in [3.05, 3.63) is 89.5 Å². The topological polar surface area (TPSA) is 84.5 Å². The van der Waals surface area contributed by atoms with E-state index in [0.717, 1.165) is 11.1 Å². The highest BCUT2D eigenvalue weighted by Crippen LogP contribution is 2.30. The molecule has 3 aromatic rings. The summed E-state index contributed by atoms with van der Waals surface area (Å²) in [4.78, 5) is 12.8. The lowest BCUT2D eigenvalue weighted by atomic mass is 10.0. The van der Waals surface area contributed by atoms with Crippen molar-refractivity contribution in [1.29, 1.82) is 0 Å². The maximum atomic E-state index is 13.0. The summed E-state index contributed by atoms with van der Waals surface area (Å²) in [6.45, 7) is 4.28. The van der Waals surface area contributed by atoms with Gasteiger partial charge in [0.15, 0.2) is 0 Å². The smallest absolute Gasteiger partial charge is 0.261 e. The highest BCUT2D eigenvalue weighted by molar-refractivity contribution is 7.92. The van der Waals surface area contributed by atoms with E-state index < -0.39 is 10.0 Å². The Balaban J connectivity index is 1.84. The Labute approximate surface area is 183 Å². The molecule has 0 saturated carbocycles. The van der Waals surface area contributed by atoms with E-state index in [1.165, 1.54) is 6.07 Å². The molecular formula is C24H26N2O4S. The van der Waals surface area contributed by atoms with E-state index in [9.17, 15) is 13.2 Å². The van der Waals surface area contributed by atoms with Gasteiger partial charge in [0.05, 0.1) is 23.3 Å². The van der Waals surface area contributed by atoms with Gasteiger partial charge in [-0.2, -0.15) is 0 Å². The van der Waals surface area contributed by atoms with Gasteiger partial charge < -0.3 is 10.1 Å². The van der Waals surface area contributed by atoms with Gasteiger partial charge in [0.2, 0.25) is 0 Å². The number of benzene rings is 3. The Morgan fingerprint density at radius 2 is 1.65 bits per heavy atom. The van der Waals surface area contributed by atoms with Crippen molar-refractivity contribution in [2.75, 3.05) is 11.8 Å². The minimum absolute atomic E-state index is 0.0844. The van der Waals surface area contributed by atoms with Crippen molar-refractivity contribution in [3.63, 3.8) is 0 Å². The fourth-order valence-corrected chi connectivity index (χ4v) is 4.29. The van der Waals surface area contributed by atoms with Crippen LogP contribution in [-0.2, 0) is 16.6 Å². The van der Waals surface area contributed by atoms with Crippen LogP contribution in [0, 0.1) is 0 Å². The number of hydrogen-bond acceptors (Lipinski definition) is 4. The van der Waals surface area contributed by atoms with Crippen LogP contribution in [0.15, 0.2) is 77.7 Å². The summed E-state index contributed by atoms with van der Waals surface area (Å²) in [5.41, 5.74) is 2.21. The maximum Gasteiger partial charge on any atom is 0.261 e. The summed E-state index contributed by atoms with van der Waals surface area (Å²) < 4.78 is 34.0. The van der Waals surface area contributed by atoms with Gasteiger partial charge in [0.1, 0.15) is 5.75 Å². The number of ether oxygens (including phenoxy) is 1. The van der Waals surface area contributed by atoms with Crippen LogP contribution in [0.2, 0.25) is 0 Å². The van der Waals surface area contributed by atoms with E-state index >= 15 is 0 Å². The number of methoxy groups -OCH3 is 1. The molecule has 162 valence electrons. The lowest BCUT2D eigenvalue weighted by molar-refractivity contribution is 0.0952. The summed E-state index contributed by atoms with van der Waals surface area (Å²) in [5, 5.41) is 2.83. The van der Waals surface area contributed by atoms with Crippen LogP contribution >= 0.6 is 0 Å². The van der Waals surface area contributed by atoms with Crippen molar-refractivity contribution in [2.45, 2.75) is 31.2 Å². The average Bonchev–Trinajstić information content (AvgIpc) is 2.77. The third-order valence-corrected chi connectivity index (χ3v) is 6.21. The third-order valence-electron chi connectivity index (χ3n) is 4.85. The van der Waals surface area contributed by atoms with Crippen LogP contribution in [0.25, 0.3) is 0 Å². The van der Waals surface area contributed by atoms with Crippen molar-refractivity contribution in [2.24, 2.45) is 0 Å². The number of para-hydroxylation sites is 1. The number of rotatable bonds is 8. The Hall–Kier alpha value is -3.32. The number of anilines is 1. The first-order valence-electron chi connectivity index (χ1n) is 9.93. The van der Waals surface area contributed by atoms with Crippen LogP contribution in [0.3, 0.4) is 0 Å². The highest BCUT2D eigenvalue weighted by atomic mass is 32.2. The van der Waals surface area contributed by atoms with Gasteiger partial charge in [-0.15, -0.1) is 0 Å². The largest absolute Gasteiger partial charge is 0.496 e. The monoisotopic (exact) mass is 438 g/mol. The number of sulfonamides is 1. The third kappa shape index (κ3) is 5.44. The number of carbonyl (C=O) groups excluding carboxylic acids is 1. The lowest BCUT2D eigenvalue weighted by Gasteiger charge is -2.16. The summed E-state index contributed by atoms with van der Waals surface area (Å²) in [7, 11) is -2.35. The molecule has 0 atom stereocenters. The van der Waals surface area contributed by atoms with E-state index in [4.69, 9.17) is 4.74 Å². The number of hydrogen-bond donors (Lipinski definition) is 2. The number of amides is 1. The van der Waals surface area contributed by atoms with Crippen molar-refractivity contribution in [3.8, 4) is 5.75 Å². The molecule has 0 radical (unpaired) electrons. The molecule has 0 aromatic heterocycles. The van der Waals surface area contributed by atoms with Gasteiger partial charge in [0, 0.05) is 6.54 Å². The summed E-state index contributed by atoms with van der Waals surface area (Å²) in [6, 6.07) is 20.8. The maximum absolute atomic E-state index is 13.0. The van der Waals surface area contributed by atoms with Crippen molar-refractivity contribution < 1.29 is 17.9 Å². The predicted octanol–water partition coefficient (Wildman–Crippen LogP) is 4.55.